The number of nitrogens with one attached hydrogen (secondary N) is 1. The minimum absolute atomic E-state index is 0.456. The van der Waals surface area contributed by atoms with Crippen LogP contribution in [0.5, 0.6) is 0 Å². The molecule has 2 rings (SSSR count). The first-order valence-electron chi connectivity index (χ1n) is 6.80. The zero-order valence-electron chi connectivity index (χ0n) is 10.7. The lowest BCUT2D eigenvalue weighted by atomic mass is 10.00. The Bertz CT molecular complexity index is 210. The number of hydrogen-bond donors (Lipinski definition) is 1. The summed E-state index contributed by atoms with van der Waals surface area (Å²) in [5, 5.41) is 3.20. The Morgan fingerprint density at radius 3 is 2.81 bits per heavy atom. The van der Waals surface area contributed by atoms with Crippen molar-refractivity contribution in [3.8, 4) is 0 Å². The normalized spacial score (nSPS) is 36.8. The van der Waals surface area contributed by atoms with Crippen molar-refractivity contribution in [2.75, 3.05) is 33.2 Å². The second-order valence-corrected chi connectivity index (χ2v) is 5.52. The summed E-state index contributed by atoms with van der Waals surface area (Å²) in [4.78, 5) is 2.60. The van der Waals surface area contributed by atoms with Crippen molar-refractivity contribution in [3.05, 3.63) is 0 Å². The van der Waals surface area contributed by atoms with Crippen LogP contribution in [0.3, 0.4) is 0 Å². The maximum absolute atomic E-state index is 6.04. The fraction of sp³-hybridized carbons (Fsp3) is 1.00. The van der Waals surface area contributed by atoms with Crippen molar-refractivity contribution in [1.29, 1.82) is 0 Å². The van der Waals surface area contributed by atoms with E-state index in [1.807, 2.05) is 7.05 Å². The maximum atomic E-state index is 6.04. The van der Waals surface area contributed by atoms with E-state index >= 15 is 0 Å². The lowest BCUT2D eigenvalue weighted by Crippen LogP contribution is -2.39. The summed E-state index contributed by atoms with van der Waals surface area (Å²) in [6.07, 6.45) is 6.20. The Balaban J connectivity index is 1.70. The number of hydrogen-bond acceptors (Lipinski definition) is 3. The number of ether oxygens (including phenoxy) is 1. The van der Waals surface area contributed by atoms with Crippen LogP contribution in [0, 0.1) is 5.92 Å². The summed E-state index contributed by atoms with van der Waals surface area (Å²) in [6.45, 7) is 7.08. The highest BCUT2D eigenvalue weighted by Gasteiger charge is 2.27. The summed E-state index contributed by atoms with van der Waals surface area (Å²) < 4.78 is 6.04. The van der Waals surface area contributed by atoms with Gasteiger partial charge < -0.3 is 15.0 Å². The van der Waals surface area contributed by atoms with Crippen molar-refractivity contribution in [3.63, 3.8) is 0 Å². The summed E-state index contributed by atoms with van der Waals surface area (Å²) in [6, 6.07) is 0. The van der Waals surface area contributed by atoms with Crippen LogP contribution in [0.4, 0.5) is 0 Å². The molecule has 3 nitrogen and oxygen atoms in total. The topological polar surface area (TPSA) is 24.5 Å². The molecule has 94 valence electrons. The van der Waals surface area contributed by atoms with Crippen LogP contribution in [0.1, 0.15) is 32.6 Å². The number of rotatable bonds is 4. The summed E-state index contributed by atoms with van der Waals surface area (Å²) in [5.74, 6) is 0.878. The third kappa shape index (κ3) is 3.44. The van der Waals surface area contributed by atoms with Crippen LogP contribution in [0.15, 0.2) is 0 Å². The van der Waals surface area contributed by atoms with Crippen molar-refractivity contribution in [1.82, 2.24) is 10.2 Å². The predicted molar refractivity (Wildman–Crippen MR) is 66.7 cm³/mol. The largest absolute Gasteiger partial charge is 0.372 e. The Morgan fingerprint density at radius 2 is 2.06 bits per heavy atom. The van der Waals surface area contributed by atoms with Crippen LogP contribution in [0.2, 0.25) is 0 Å². The van der Waals surface area contributed by atoms with Crippen molar-refractivity contribution < 1.29 is 4.74 Å². The third-order valence-corrected chi connectivity index (χ3v) is 3.83. The van der Waals surface area contributed by atoms with Crippen LogP contribution in [-0.4, -0.2) is 50.3 Å². The molecular weight excluding hydrogens is 200 g/mol. The van der Waals surface area contributed by atoms with E-state index in [4.69, 9.17) is 4.74 Å². The number of nitrogens with zero attached hydrogens (tertiary/aromatic N) is 1. The van der Waals surface area contributed by atoms with Crippen LogP contribution in [-0.2, 0) is 4.74 Å². The Labute approximate surface area is 99.5 Å². The fourth-order valence-corrected chi connectivity index (χ4v) is 3.03. The molecule has 2 saturated heterocycles. The average molecular weight is 226 g/mol. The quantitative estimate of drug-likeness (QED) is 0.786. The zero-order valence-corrected chi connectivity index (χ0v) is 10.7. The van der Waals surface area contributed by atoms with E-state index in [1.54, 1.807) is 0 Å². The Hall–Kier alpha value is -0.120. The van der Waals surface area contributed by atoms with Crippen LogP contribution >= 0.6 is 0 Å². The van der Waals surface area contributed by atoms with Gasteiger partial charge in [0.25, 0.3) is 0 Å². The highest BCUT2D eigenvalue weighted by Crippen LogP contribution is 2.22. The SMILES string of the molecule is CNCC1CCC(CN2CCCC(C)C2)O1. The standard InChI is InChI=1S/C13H26N2O/c1-11-4-3-7-15(9-11)10-13-6-5-12(16-13)8-14-2/h11-14H,3-10H2,1-2H3. The van der Waals surface area contributed by atoms with Gasteiger partial charge in [0.2, 0.25) is 0 Å². The van der Waals surface area contributed by atoms with E-state index in [9.17, 15) is 0 Å². The second-order valence-electron chi connectivity index (χ2n) is 5.52. The molecular formula is C13H26N2O. The molecule has 2 heterocycles. The van der Waals surface area contributed by atoms with Gasteiger partial charge in [0.15, 0.2) is 0 Å². The van der Waals surface area contributed by atoms with E-state index in [2.05, 4.69) is 17.1 Å². The lowest BCUT2D eigenvalue weighted by Gasteiger charge is -2.32. The smallest absolute Gasteiger partial charge is 0.0707 e. The average Bonchev–Trinajstić information content (AvgIpc) is 2.66. The maximum Gasteiger partial charge on any atom is 0.0707 e. The van der Waals surface area contributed by atoms with Gasteiger partial charge in [0, 0.05) is 19.6 Å². The van der Waals surface area contributed by atoms with Gasteiger partial charge in [-0.1, -0.05) is 6.92 Å². The van der Waals surface area contributed by atoms with E-state index in [1.165, 1.54) is 38.8 Å². The van der Waals surface area contributed by atoms with Gasteiger partial charge in [0.05, 0.1) is 12.2 Å². The van der Waals surface area contributed by atoms with Gasteiger partial charge in [-0.15, -0.1) is 0 Å². The summed E-state index contributed by atoms with van der Waals surface area (Å²) >= 11 is 0. The molecule has 0 radical (unpaired) electrons. The first-order valence-corrected chi connectivity index (χ1v) is 6.80. The van der Waals surface area contributed by atoms with Gasteiger partial charge in [-0.25, -0.2) is 0 Å². The molecule has 0 aromatic heterocycles. The van der Waals surface area contributed by atoms with Crippen molar-refractivity contribution in [2.24, 2.45) is 5.92 Å². The highest BCUT2D eigenvalue weighted by molar-refractivity contribution is 4.79. The molecule has 0 spiro atoms. The first-order chi connectivity index (χ1) is 7.78. The number of likely N-dealkylation sites (N-methyl/N-ethyl adjacent to an activating group) is 1. The van der Waals surface area contributed by atoms with Crippen molar-refractivity contribution >= 4 is 0 Å². The molecule has 0 bridgehead atoms. The van der Waals surface area contributed by atoms with Gasteiger partial charge in [-0.3, -0.25) is 0 Å². The molecule has 3 heteroatoms. The predicted octanol–water partition coefficient (Wildman–Crippen LogP) is 1.49. The number of piperidine rings is 1. The lowest BCUT2D eigenvalue weighted by molar-refractivity contribution is 0.0166. The Morgan fingerprint density at radius 1 is 1.25 bits per heavy atom. The van der Waals surface area contributed by atoms with Crippen LogP contribution in [0.25, 0.3) is 0 Å². The minimum Gasteiger partial charge on any atom is -0.372 e. The molecule has 0 amide bonds. The molecule has 3 unspecified atom stereocenters. The van der Waals surface area contributed by atoms with E-state index < -0.39 is 0 Å². The molecule has 1 N–H and O–H groups in total. The molecule has 2 aliphatic rings. The Kier molecular flexibility index (Phi) is 4.62. The molecule has 0 aromatic rings. The first kappa shape index (κ1) is 12.3. The second kappa shape index (κ2) is 5.99. The molecule has 2 fully saturated rings. The number of likely N-dealkylation sites (tertiary alicyclic amines) is 1. The van der Waals surface area contributed by atoms with E-state index in [0.717, 1.165) is 19.0 Å². The molecule has 2 aliphatic heterocycles. The van der Waals surface area contributed by atoms with Gasteiger partial charge in [-0.05, 0) is 45.2 Å². The molecule has 0 aromatic carbocycles. The summed E-state index contributed by atoms with van der Waals surface area (Å²) in [5.41, 5.74) is 0. The van der Waals surface area contributed by atoms with E-state index in [-0.39, 0.29) is 0 Å². The summed E-state index contributed by atoms with van der Waals surface area (Å²) in [7, 11) is 2.00. The fourth-order valence-electron chi connectivity index (χ4n) is 3.03. The monoisotopic (exact) mass is 226 g/mol. The third-order valence-electron chi connectivity index (χ3n) is 3.83. The van der Waals surface area contributed by atoms with Gasteiger partial charge >= 0.3 is 0 Å². The zero-order chi connectivity index (χ0) is 11.4. The molecule has 3 atom stereocenters. The van der Waals surface area contributed by atoms with E-state index in [0.29, 0.717) is 12.2 Å². The van der Waals surface area contributed by atoms with Gasteiger partial charge in [0.1, 0.15) is 0 Å². The molecule has 0 saturated carbocycles. The highest BCUT2D eigenvalue weighted by atomic mass is 16.5. The van der Waals surface area contributed by atoms with Crippen LogP contribution < -0.4 is 5.32 Å². The van der Waals surface area contributed by atoms with Gasteiger partial charge in [-0.2, -0.15) is 0 Å². The van der Waals surface area contributed by atoms with Crippen molar-refractivity contribution in [2.45, 2.75) is 44.8 Å². The molecule has 16 heavy (non-hydrogen) atoms. The molecule has 0 aliphatic carbocycles. The minimum atomic E-state index is 0.456.